The lowest BCUT2D eigenvalue weighted by Gasteiger charge is -2.11. The van der Waals surface area contributed by atoms with Crippen molar-refractivity contribution in [2.24, 2.45) is 0 Å². The number of rotatable bonds is 4. The maximum absolute atomic E-state index is 14.3. The van der Waals surface area contributed by atoms with Crippen LogP contribution >= 0.6 is 0 Å². The Morgan fingerprint density at radius 3 is 1.27 bits per heavy atom. The van der Waals surface area contributed by atoms with Gasteiger partial charge in [0.2, 0.25) is 0 Å². The van der Waals surface area contributed by atoms with Gasteiger partial charge in [-0.3, -0.25) is 9.20 Å². The molecule has 0 aliphatic carbocycles. The fraction of sp³-hybridized carbons (Fsp3) is 0. The van der Waals surface area contributed by atoms with Gasteiger partial charge >= 0.3 is 0 Å². The Balaban J connectivity index is 0.987. The Labute approximate surface area is 336 Å². The topological polar surface area (TPSA) is 47.8 Å². The van der Waals surface area contributed by atoms with Gasteiger partial charge in [-0.1, -0.05) is 109 Å². The first-order chi connectivity index (χ1) is 29.1. The fourth-order valence-corrected chi connectivity index (χ4v) is 9.50. The smallest absolute Gasteiger partial charge is 0.263 e. The molecule has 4 heteroatoms. The van der Waals surface area contributed by atoms with Gasteiger partial charge in [-0.2, -0.15) is 0 Å². The fourth-order valence-electron chi connectivity index (χ4n) is 9.50. The van der Waals surface area contributed by atoms with E-state index in [0.717, 1.165) is 121 Å². The molecule has 0 saturated carbocycles. The average molecular weight is 754 g/mol. The number of furan rings is 2. The number of benzene rings is 9. The third-order valence-electron chi connectivity index (χ3n) is 12.3. The molecular formula is C55H31NO3. The quantitative estimate of drug-likeness (QED) is 0.168. The molecule has 4 heterocycles. The van der Waals surface area contributed by atoms with E-state index in [-0.39, 0.29) is 5.56 Å². The van der Waals surface area contributed by atoms with Crippen LogP contribution in [0.5, 0.6) is 0 Å². The highest BCUT2D eigenvalue weighted by Gasteiger charge is 2.20. The molecule has 274 valence electrons. The standard InChI is InChI=1S/C55H31NO3/c57-55-43-16-2-1-13-40(43)47-30-39(35-12-8-11-34(26-35)38-21-24-53-46(29-38)42-15-4-6-18-51(42)59-53)31-48-44-27-36(19-22-49(44)56(55)54(47)48)32-9-7-10-33(25-32)37-20-23-52-45(28-37)41-14-3-5-17-50(41)58-52/h1-31H. The van der Waals surface area contributed by atoms with E-state index >= 15 is 0 Å². The Morgan fingerprint density at radius 1 is 0.288 bits per heavy atom. The SMILES string of the molecule is O=c1c2ccccc2c2cc(-c3cccc(-c4ccc5oc6ccccc6c5c4)c3)cc3c4cc(-c5cccc(-c6ccc7oc8ccccc8c7c6)c5)ccc4n1c23. The predicted octanol–water partition coefficient (Wildman–Crippen LogP) is 14.7. The molecular weight excluding hydrogens is 723 g/mol. The summed E-state index contributed by atoms with van der Waals surface area (Å²) in [5.41, 5.74) is 14.4. The monoisotopic (exact) mass is 753 g/mol. The van der Waals surface area contributed by atoms with Crippen LogP contribution in [0.2, 0.25) is 0 Å². The van der Waals surface area contributed by atoms with Crippen LogP contribution in [0.25, 0.3) is 126 Å². The van der Waals surface area contributed by atoms with E-state index in [2.05, 4.69) is 146 Å². The van der Waals surface area contributed by atoms with E-state index in [9.17, 15) is 4.79 Å². The predicted molar refractivity (Wildman–Crippen MR) is 244 cm³/mol. The zero-order valence-electron chi connectivity index (χ0n) is 31.6. The molecule has 0 bridgehead atoms. The normalized spacial score (nSPS) is 12.1. The number of hydrogen-bond donors (Lipinski definition) is 0. The van der Waals surface area contributed by atoms with Crippen LogP contribution in [0.4, 0.5) is 0 Å². The highest BCUT2D eigenvalue weighted by molar-refractivity contribution is 6.22. The molecule has 13 aromatic rings. The van der Waals surface area contributed by atoms with E-state index in [1.54, 1.807) is 0 Å². The Bertz CT molecular complexity index is 3940. The molecule has 0 radical (unpaired) electrons. The van der Waals surface area contributed by atoms with E-state index in [1.165, 1.54) is 0 Å². The van der Waals surface area contributed by atoms with Crippen LogP contribution in [-0.2, 0) is 0 Å². The molecule has 0 aliphatic rings. The molecule has 4 aromatic heterocycles. The van der Waals surface area contributed by atoms with Gasteiger partial charge in [0.25, 0.3) is 5.56 Å². The molecule has 0 amide bonds. The molecule has 9 aromatic carbocycles. The number of fused-ring (bicyclic) bond motifs is 11. The maximum atomic E-state index is 14.3. The summed E-state index contributed by atoms with van der Waals surface area (Å²) in [5, 5.41) is 9.29. The Morgan fingerprint density at radius 2 is 0.695 bits per heavy atom. The molecule has 0 fully saturated rings. The van der Waals surface area contributed by atoms with E-state index in [4.69, 9.17) is 8.83 Å². The van der Waals surface area contributed by atoms with Crippen LogP contribution < -0.4 is 5.56 Å². The summed E-state index contributed by atoms with van der Waals surface area (Å²) in [5.74, 6) is 0. The van der Waals surface area contributed by atoms with Gasteiger partial charge in [-0.15, -0.1) is 0 Å². The van der Waals surface area contributed by atoms with Crippen molar-refractivity contribution in [2.45, 2.75) is 0 Å². The van der Waals surface area contributed by atoms with Crippen molar-refractivity contribution in [3.8, 4) is 44.5 Å². The second-order valence-corrected chi connectivity index (χ2v) is 15.6. The number of aromatic nitrogens is 1. The van der Waals surface area contributed by atoms with Crippen molar-refractivity contribution >= 4 is 81.8 Å². The third-order valence-corrected chi connectivity index (χ3v) is 12.3. The van der Waals surface area contributed by atoms with Crippen molar-refractivity contribution in [1.29, 1.82) is 0 Å². The second-order valence-electron chi connectivity index (χ2n) is 15.6. The van der Waals surface area contributed by atoms with Crippen LogP contribution in [-0.4, -0.2) is 4.40 Å². The zero-order valence-corrected chi connectivity index (χ0v) is 31.6. The molecule has 4 nitrogen and oxygen atoms in total. The van der Waals surface area contributed by atoms with Crippen molar-refractivity contribution in [3.05, 3.63) is 198 Å². The van der Waals surface area contributed by atoms with E-state index in [1.807, 2.05) is 46.9 Å². The van der Waals surface area contributed by atoms with Crippen LogP contribution in [0.3, 0.4) is 0 Å². The number of hydrogen-bond acceptors (Lipinski definition) is 3. The van der Waals surface area contributed by atoms with Gasteiger partial charge in [-0.25, -0.2) is 0 Å². The van der Waals surface area contributed by atoms with Gasteiger partial charge in [0.15, 0.2) is 0 Å². The maximum Gasteiger partial charge on any atom is 0.263 e. The molecule has 0 saturated heterocycles. The van der Waals surface area contributed by atoms with Crippen molar-refractivity contribution in [3.63, 3.8) is 0 Å². The minimum atomic E-state index is 0.00178. The van der Waals surface area contributed by atoms with Crippen LogP contribution in [0.15, 0.2) is 202 Å². The summed E-state index contributed by atoms with van der Waals surface area (Å²) in [6.45, 7) is 0. The minimum Gasteiger partial charge on any atom is -0.456 e. The third kappa shape index (κ3) is 4.75. The summed E-state index contributed by atoms with van der Waals surface area (Å²) in [6.07, 6.45) is 0. The molecule has 0 aliphatic heterocycles. The lowest BCUT2D eigenvalue weighted by Crippen LogP contribution is -2.12. The average Bonchev–Trinajstić information content (AvgIpc) is 3.97. The Hall–Kier alpha value is -7.95. The van der Waals surface area contributed by atoms with E-state index < -0.39 is 0 Å². The van der Waals surface area contributed by atoms with Gasteiger partial charge < -0.3 is 8.83 Å². The van der Waals surface area contributed by atoms with Gasteiger partial charge in [0.1, 0.15) is 22.3 Å². The van der Waals surface area contributed by atoms with Crippen molar-refractivity contribution in [1.82, 2.24) is 4.40 Å². The molecule has 13 rings (SSSR count). The summed E-state index contributed by atoms with van der Waals surface area (Å²) >= 11 is 0. The highest BCUT2D eigenvalue weighted by atomic mass is 16.3. The molecule has 0 N–H and O–H groups in total. The van der Waals surface area contributed by atoms with Gasteiger partial charge in [-0.05, 0) is 129 Å². The lowest BCUT2D eigenvalue weighted by atomic mass is 9.94. The summed E-state index contributed by atoms with van der Waals surface area (Å²) < 4.78 is 14.2. The van der Waals surface area contributed by atoms with Gasteiger partial charge in [0, 0.05) is 43.1 Å². The number of nitrogens with zero attached hydrogens (tertiary/aromatic N) is 1. The van der Waals surface area contributed by atoms with Crippen molar-refractivity contribution < 1.29 is 8.83 Å². The van der Waals surface area contributed by atoms with Crippen LogP contribution in [0.1, 0.15) is 0 Å². The lowest BCUT2D eigenvalue weighted by molar-refractivity contribution is 0.668. The zero-order chi connectivity index (χ0) is 38.8. The summed E-state index contributed by atoms with van der Waals surface area (Å²) in [4.78, 5) is 14.3. The molecule has 0 unspecified atom stereocenters. The second kappa shape index (κ2) is 12.0. The summed E-state index contributed by atoms with van der Waals surface area (Å²) in [6, 6.07) is 65.8. The molecule has 0 atom stereocenters. The first-order valence-electron chi connectivity index (χ1n) is 19.9. The summed E-state index contributed by atoms with van der Waals surface area (Å²) in [7, 11) is 0. The highest BCUT2D eigenvalue weighted by Crippen LogP contribution is 2.41. The van der Waals surface area contributed by atoms with E-state index in [0.29, 0.717) is 5.39 Å². The first kappa shape index (κ1) is 32.2. The molecule has 0 spiro atoms. The minimum absolute atomic E-state index is 0.00178. The number of pyridine rings is 1. The molecule has 59 heavy (non-hydrogen) atoms. The Kier molecular flexibility index (Phi) is 6.56. The largest absolute Gasteiger partial charge is 0.456 e. The number of para-hydroxylation sites is 2. The van der Waals surface area contributed by atoms with Crippen molar-refractivity contribution in [2.75, 3.05) is 0 Å². The van der Waals surface area contributed by atoms with Gasteiger partial charge in [0.05, 0.1) is 11.0 Å². The first-order valence-corrected chi connectivity index (χ1v) is 19.9. The van der Waals surface area contributed by atoms with Crippen LogP contribution in [0, 0.1) is 0 Å².